The summed E-state index contributed by atoms with van der Waals surface area (Å²) in [7, 11) is -1.82. The first kappa shape index (κ1) is 13.0. The topological polar surface area (TPSA) is 69.4 Å². The van der Waals surface area contributed by atoms with Crippen molar-refractivity contribution in [3.63, 3.8) is 0 Å². The van der Waals surface area contributed by atoms with Crippen molar-refractivity contribution in [1.82, 2.24) is 0 Å². The van der Waals surface area contributed by atoms with Crippen LogP contribution < -0.4 is 10.5 Å². The van der Waals surface area contributed by atoms with E-state index in [-0.39, 0.29) is 10.9 Å². The number of methoxy groups -OCH3 is 1. The molecule has 0 aliphatic carbocycles. The Kier molecular flexibility index (Phi) is 3.93. The molecule has 0 aliphatic rings. The van der Waals surface area contributed by atoms with Gasteiger partial charge in [0.15, 0.2) is 9.84 Å². The molecule has 1 rings (SSSR count). The van der Waals surface area contributed by atoms with Crippen molar-refractivity contribution >= 4 is 9.84 Å². The van der Waals surface area contributed by atoms with Crippen LogP contribution in [0.15, 0.2) is 23.1 Å². The van der Waals surface area contributed by atoms with Gasteiger partial charge in [0.05, 0.1) is 7.11 Å². The Labute approximate surface area is 96.3 Å². The van der Waals surface area contributed by atoms with Gasteiger partial charge in [0.25, 0.3) is 0 Å². The molecule has 0 saturated carbocycles. The van der Waals surface area contributed by atoms with Crippen LogP contribution in [0, 0.1) is 0 Å². The predicted molar refractivity (Wildman–Crippen MR) is 63.5 cm³/mol. The van der Waals surface area contributed by atoms with Gasteiger partial charge in [-0.2, -0.15) is 0 Å². The fourth-order valence-corrected chi connectivity index (χ4v) is 2.39. The summed E-state index contributed by atoms with van der Waals surface area (Å²) in [5.41, 5.74) is 6.57. The molecule has 5 heteroatoms. The summed E-state index contributed by atoms with van der Waals surface area (Å²) in [6.45, 7) is 1.88. The summed E-state index contributed by atoms with van der Waals surface area (Å²) >= 11 is 0. The van der Waals surface area contributed by atoms with Crippen molar-refractivity contribution in [3.05, 3.63) is 23.8 Å². The third kappa shape index (κ3) is 3.21. The van der Waals surface area contributed by atoms with Crippen molar-refractivity contribution < 1.29 is 13.2 Å². The zero-order valence-electron chi connectivity index (χ0n) is 9.73. The van der Waals surface area contributed by atoms with Gasteiger partial charge in [0, 0.05) is 12.3 Å². The standard InChI is InChI=1S/C11H17NO3S/c1-8(12)6-9-4-5-10(15-2)11(7-9)16(3,13)14/h4-5,7-8H,6,12H2,1-3H3/t8-/m1/s1. The number of hydrogen-bond acceptors (Lipinski definition) is 4. The first-order valence-electron chi connectivity index (χ1n) is 4.97. The molecule has 0 spiro atoms. The number of ether oxygens (including phenoxy) is 1. The fraction of sp³-hybridized carbons (Fsp3) is 0.455. The molecule has 1 aromatic rings. The molecule has 0 heterocycles. The van der Waals surface area contributed by atoms with Crippen LogP contribution in [0.4, 0.5) is 0 Å². The maximum Gasteiger partial charge on any atom is 0.179 e. The van der Waals surface area contributed by atoms with E-state index in [0.29, 0.717) is 12.2 Å². The number of nitrogens with two attached hydrogens (primary N) is 1. The maximum absolute atomic E-state index is 11.5. The highest BCUT2D eigenvalue weighted by atomic mass is 32.2. The van der Waals surface area contributed by atoms with Crippen LogP contribution in [-0.4, -0.2) is 27.8 Å². The molecule has 1 aromatic carbocycles. The molecule has 90 valence electrons. The van der Waals surface area contributed by atoms with Gasteiger partial charge in [-0.25, -0.2) is 8.42 Å². The molecule has 0 amide bonds. The van der Waals surface area contributed by atoms with Crippen molar-refractivity contribution in [2.75, 3.05) is 13.4 Å². The summed E-state index contributed by atoms with van der Waals surface area (Å²) in [6, 6.07) is 5.11. The number of benzene rings is 1. The van der Waals surface area contributed by atoms with E-state index in [1.807, 2.05) is 13.0 Å². The predicted octanol–water partition coefficient (Wildman–Crippen LogP) is 0.988. The second-order valence-electron chi connectivity index (χ2n) is 3.94. The number of sulfone groups is 1. The Morgan fingerprint density at radius 2 is 2.06 bits per heavy atom. The van der Waals surface area contributed by atoms with E-state index in [2.05, 4.69) is 0 Å². The normalized spacial score (nSPS) is 13.5. The van der Waals surface area contributed by atoms with Gasteiger partial charge in [-0.15, -0.1) is 0 Å². The first-order valence-corrected chi connectivity index (χ1v) is 6.86. The Morgan fingerprint density at radius 1 is 1.44 bits per heavy atom. The van der Waals surface area contributed by atoms with Gasteiger partial charge in [-0.3, -0.25) is 0 Å². The number of rotatable bonds is 4. The van der Waals surface area contributed by atoms with Crippen LogP contribution in [0.3, 0.4) is 0 Å². The summed E-state index contributed by atoms with van der Waals surface area (Å²) in [6.07, 6.45) is 1.81. The van der Waals surface area contributed by atoms with E-state index in [4.69, 9.17) is 10.5 Å². The van der Waals surface area contributed by atoms with Crippen molar-refractivity contribution in [2.24, 2.45) is 5.73 Å². The smallest absolute Gasteiger partial charge is 0.179 e. The Balaban J connectivity index is 3.22. The highest BCUT2D eigenvalue weighted by Crippen LogP contribution is 2.25. The van der Waals surface area contributed by atoms with E-state index in [1.54, 1.807) is 12.1 Å². The minimum absolute atomic E-state index is 0.000745. The average Bonchev–Trinajstić information content (AvgIpc) is 2.15. The van der Waals surface area contributed by atoms with Crippen LogP contribution in [0.2, 0.25) is 0 Å². The van der Waals surface area contributed by atoms with Crippen LogP contribution in [0.5, 0.6) is 5.75 Å². The van der Waals surface area contributed by atoms with Crippen LogP contribution >= 0.6 is 0 Å². The van der Waals surface area contributed by atoms with Gasteiger partial charge < -0.3 is 10.5 Å². The van der Waals surface area contributed by atoms with E-state index < -0.39 is 9.84 Å². The lowest BCUT2D eigenvalue weighted by Crippen LogP contribution is -2.18. The highest BCUT2D eigenvalue weighted by molar-refractivity contribution is 7.90. The third-order valence-corrected chi connectivity index (χ3v) is 3.30. The largest absolute Gasteiger partial charge is 0.495 e. The second kappa shape index (κ2) is 4.84. The molecule has 2 N–H and O–H groups in total. The van der Waals surface area contributed by atoms with Crippen molar-refractivity contribution in [1.29, 1.82) is 0 Å². The quantitative estimate of drug-likeness (QED) is 0.856. The molecule has 1 atom stereocenters. The van der Waals surface area contributed by atoms with E-state index in [0.717, 1.165) is 5.56 Å². The summed E-state index contributed by atoms with van der Waals surface area (Å²) < 4.78 is 28.1. The molecule has 4 nitrogen and oxygen atoms in total. The lowest BCUT2D eigenvalue weighted by Gasteiger charge is -2.10. The third-order valence-electron chi connectivity index (χ3n) is 2.19. The SMILES string of the molecule is COc1ccc(C[C@@H](C)N)cc1S(C)(=O)=O. The highest BCUT2D eigenvalue weighted by Gasteiger charge is 2.15. The summed E-state index contributed by atoms with van der Waals surface area (Å²) in [4.78, 5) is 0.216. The molecule has 0 radical (unpaired) electrons. The molecule has 0 aromatic heterocycles. The molecule has 0 aliphatic heterocycles. The zero-order chi connectivity index (χ0) is 12.3. The van der Waals surface area contributed by atoms with Crippen molar-refractivity contribution in [3.8, 4) is 5.75 Å². The molecular weight excluding hydrogens is 226 g/mol. The summed E-state index contributed by atoms with van der Waals surface area (Å²) in [5, 5.41) is 0. The minimum Gasteiger partial charge on any atom is -0.495 e. The second-order valence-corrected chi connectivity index (χ2v) is 5.92. The van der Waals surface area contributed by atoms with E-state index in [1.165, 1.54) is 13.4 Å². The van der Waals surface area contributed by atoms with Gasteiger partial charge in [-0.1, -0.05) is 6.07 Å². The van der Waals surface area contributed by atoms with Gasteiger partial charge in [0.1, 0.15) is 10.6 Å². The van der Waals surface area contributed by atoms with Gasteiger partial charge in [0.2, 0.25) is 0 Å². The van der Waals surface area contributed by atoms with Gasteiger partial charge in [-0.05, 0) is 31.0 Å². The molecule has 0 fully saturated rings. The first-order chi connectivity index (χ1) is 7.34. The number of hydrogen-bond donors (Lipinski definition) is 1. The molecular formula is C11H17NO3S. The molecule has 0 unspecified atom stereocenters. The fourth-order valence-electron chi connectivity index (χ4n) is 1.51. The Bertz CT molecular complexity index is 466. The minimum atomic E-state index is -3.27. The van der Waals surface area contributed by atoms with Crippen LogP contribution in [-0.2, 0) is 16.3 Å². The molecule has 16 heavy (non-hydrogen) atoms. The Hall–Kier alpha value is -1.07. The van der Waals surface area contributed by atoms with Crippen LogP contribution in [0.25, 0.3) is 0 Å². The van der Waals surface area contributed by atoms with Crippen LogP contribution in [0.1, 0.15) is 12.5 Å². The zero-order valence-corrected chi connectivity index (χ0v) is 10.5. The monoisotopic (exact) mass is 243 g/mol. The van der Waals surface area contributed by atoms with Gasteiger partial charge >= 0.3 is 0 Å². The average molecular weight is 243 g/mol. The van der Waals surface area contributed by atoms with Crippen molar-refractivity contribution in [2.45, 2.75) is 24.3 Å². The lowest BCUT2D eigenvalue weighted by molar-refractivity contribution is 0.402. The molecule has 0 saturated heterocycles. The molecule has 0 bridgehead atoms. The maximum atomic E-state index is 11.5. The summed E-state index contributed by atoms with van der Waals surface area (Å²) in [5.74, 6) is 0.371. The lowest BCUT2D eigenvalue weighted by atomic mass is 10.1. The van der Waals surface area contributed by atoms with E-state index in [9.17, 15) is 8.42 Å². The van der Waals surface area contributed by atoms with E-state index >= 15 is 0 Å². The Morgan fingerprint density at radius 3 is 2.50 bits per heavy atom.